The molecule has 0 aromatic carbocycles. The van der Waals surface area contributed by atoms with Crippen LogP contribution < -0.4 is 10.6 Å². The number of aryl methyl sites for hydroxylation is 1. The van der Waals surface area contributed by atoms with Crippen LogP contribution in [0.25, 0.3) is 0 Å². The molecule has 0 aliphatic rings. The summed E-state index contributed by atoms with van der Waals surface area (Å²) in [6.45, 7) is 2.63. The van der Waals surface area contributed by atoms with Crippen LogP contribution in [0.5, 0.6) is 0 Å². The second-order valence-corrected chi connectivity index (χ2v) is 4.34. The number of halogens is 1. The van der Waals surface area contributed by atoms with Crippen LogP contribution >= 0.6 is 11.6 Å². The van der Waals surface area contributed by atoms with E-state index in [-0.39, 0.29) is 0 Å². The maximum absolute atomic E-state index is 6.10. The molecule has 0 aliphatic carbocycles. The minimum atomic E-state index is 0.550. The predicted molar refractivity (Wildman–Crippen MR) is 69.2 cm³/mol. The van der Waals surface area contributed by atoms with E-state index in [4.69, 9.17) is 21.8 Å². The molecule has 0 amide bonds. The van der Waals surface area contributed by atoms with Gasteiger partial charge in [-0.05, 0) is 19.1 Å². The Bertz CT molecular complexity index is 524. The van der Waals surface area contributed by atoms with Crippen molar-refractivity contribution < 1.29 is 4.42 Å². The minimum Gasteiger partial charge on any atom is -0.469 e. The molecule has 0 saturated heterocycles. The van der Waals surface area contributed by atoms with Crippen molar-refractivity contribution in [2.75, 3.05) is 17.7 Å². The maximum atomic E-state index is 6.10. The average molecular weight is 252 g/mol. The highest BCUT2D eigenvalue weighted by Crippen LogP contribution is 2.25. The van der Waals surface area contributed by atoms with E-state index in [1.807, 2.05) is 24.9 Å². The van der Waals surface area contributed by atoms with Crippen molar-refractivity contribution >= 4 is 23.1 Å². The van der Waals surface area contributed by atoms with Crippen molar-refractivity contribution in [2.24, 2.45) is 0 Å². The smallest absolute Gasteiger partial charge is 0.147 e. The molecule has 4 nitrogen and oxygen atoms in total. The third kappa shape index (κ3) is 2.53. The van der Waals surface area contributed by atoms with Crippen LogP contribution in [0.15, 0.2) is 29.0 Å². The molecule has 0 saturated carbocycles. The van der Waals surface area contributed by atoms with E-state index in [9.17, 15) is 0 Å². The highest BCUT2D eigenvalue weighted by atomic mass is 35.5. The third-order valence-electron chi connectivity index (χ3n) is 2.58. The van der Waals surface area contributed by atoms with E-state index < -0.39 is 0 Å². The number of nitrogens with two attached hydrogens (primary N) is 1. The van der Waals surface area contributed by atoms with Crippen LogP contribution in [-0.2, 0) is 6.54 Å². The van der Waals surface area contributed by atoms with Gasteiger partial charge in [0.1, 0.15) is 11.6 Å². The van der Waals surface area contributed by atoms with Gasteiger partial charge in [0.2, 0.25) is 0 Å². The first-order valence-corrected chi connectivity index (χ1v) is 5.61. The molecule has 0 bridgehead atoms. The van der Waals surface area contributed by atoms with Crippen molar-refractivity contribution in [3.05, 3.63) is 40.9 Å². The van der Waals surface area contributed by atoms with Crippen LogP contribution in [0.3, 0.4) is 0 Å². The van der Waals surface area contributed by atoms with Gasteiger partial charge in [-0.25, -0.2) is 4.98 Å². The Morgan fingerprint density at radius 2 is 2.29 bits per heavy atom. The highest BCUT2D eigenvalue weighted by Gasteiger charge is 2.10. The maximum Gasteiger partial charge on any atom is 0.147 e. The van der Waals surface area contributed by atoms with Crippen LogP contribution in [-0.4, -0.2) is 12.0 Å². The number of nitrogens with zero attached hydrogens (tertiary/aromatic N) is 2. The topological polar surface area (TPSA) is 55.3 Å². The van der Waals surface area contributed by atoms with Gasteiger partial charge in [-0.15, -0.1) is 0 Å². The van der Waals surface area contributed by atoms with Crippen LogP contribution in [0.1, 0.15) is 11.3 Å². The van der Waals surface area contributed by atoms with Crippen molar-refractivity contribution in [1.29, 1.82) is 0 Å². The fraction of sp³-hybridized carbons (Fsp3) is 0.250. The third-order valence-corrected chi connectivity index (χ3v) is 2.86. The summed E-state index contributed by atoms with van der Waals surface area (Å²) in [5.74, 6) is 1.62. The molecular weight excluding hydrogens is 238 g/mol. The van der Waals surface area contributed by atoms with E-state index in [1.54, 1.807) is 18.5 Å². The van der Waals surface area contributed by atoms with Gasteiger partial charge < -0.3 is 15.1 Å². The number of pyridine rings is 1. The fourth-order valence-electron chi connectivity index (χ4n) is 1.63. The first-order valence-electron chi connectivity index (χ1n) is 5.23. The van der Waals surface area contributed by atoms with E-state index in [0.717, 1.165) is 11.3 Å². The number of nitrogen functional groups attached to an aromatic ring is 1. The summed E-state index contributed by atoms with van der Waals surface area (Å²) in [6, 6.07) is 3.64. The molecule has 2 rings (SSSR count). The van der Waals surface area contributed by atoms with Crippen molar-refractivity contribution in [3.63, 3.8) is 0 Å². The van der Waals surface area contributed by atoms with E-state index >= 15 is 0 Å². The lowest BCUT2D eigenvalue weighted by molar-refractivity contribution is 0.529. The second kappa shape index (κ2) is 4.67. The Labute approximate surface area is 105 Å². The summed E-state index contributed by atoms with van der Waals surface area (Å²) in [6.07, 6.45) is 3.27. The van der Waals surface area contributed by atoms with Gasteiger partial charge in [-0.1, -0.05) is 11.6 Å². The molecule has 2 aromatic heterocycles. The quantitative estimate of drug-likeness (QED) is 0.911. The molecule has 0 aliphatic heterocycles. The van der Waals surface area contributed by atoms with Crippen LogP contribution in [0.2, 0.25) is 5.02 Å². The lowest BCUT2D eigenvalue weighted by Gasteiger charge is -2.19. The molecule has 0 radical (unpaired) electrons. The number of hydrogen-bond acceptors (Lipinski definition) is 4. The summed E-state index contributed by atoms with van der Waals surface area (Å²) in [7, 11) is 1.93. The van der Waals surface area contributed by atoms with Gasteiger partial charge in [-0.2, -0.15) is 0 Å². The van der Waals surface area contributed by atoms with E-state index in [1.165, 1.54) is 0 Å². The molecule has 2 N–H and O–H groups in total. The summed E-state index contributed by atoms with van der Waals surface area (Å²) in [5, 5.41) is 0.550. The second-order valence-electron chi connectivity index (χ2n) is 3.93. The first kappa shape index (κ1) is 11.8. The van der Waals surface area contributed by atoms with Crippen LogP contribution in [0, 0.1) is 6.92 Å². The Balaban J connectivity index is 2.20. The molecule has 2 heterocycles. The zero-order chi connectivity index (χ0) is 12.4. The first-order chi connectivity index (χ1) is 8.08. The van der Waals surface area contributed by atoms with Gasteiger partial charge >= 0.3 is 0 Å². The number of anilines is 2. The Morgan fingerprint density at radius 3 is 2.88 bits per heavy atom. The van der Waals surface area contributed by atoms with Gasteiger partial charge in [-0.3, -0.25) is 0 Å². The molecule has 0 unspecified atom stereocenters. The zero-order valence-electron chi connectivity index (χ0n) is 9.77. The molecule has 2 aromatic rings. The highest BCUT2D eigenvalue weighted by molar-refractivity contribution is 6.33. The molecule has 5 heteroatoms. The summed E-state index contributed by atoms with van der Waals surface area (Å²) in [5.41, 5.74) is 7.28. The number of furan rings is 1. The zero-order valence-corrected chi connectivity index (χ0v) is 10.5. The van der Waals surface area contributed by atoms with Crippen molar-refractivity contribution in [2.45, 2.75) is 13.5 Å². The predicted octanol–water partition coefficient (Wildman–Crippen LogP) is 2.86. The molecule has 17 heavy (non-hydrogen) atoms. The fourth-order valence-corrected chi connectivity index (χ4v) is 1.95. The summed E-state index contributed by atoms with van der Waals surface area (Å²) >= 11 is 6.10. The lowest BCUT2D eigenvalue weighted by Crippen LogP contribution is -2.18. The summed E-state index contributed by atoms with van der Waals surface area (Å²) in [4.78, 5) is 6.18. The van der Waals surface area contributed by atoms with Crippen molar-refractivity contribution in [3.8, 4) is 0 Å². The van der Waals surface area contributed by atoms with Gasteiger partial charge in [0, 0.05) is 19.2 Å². The summed E-state index contributed by atoms with van der Waals surface area (Å²) < 4.78 is 5.25. The largest absolute Gasteiger partial charge is 0.469 e. The normalized spacial score (nSPS) is 10.5. The molecule has 0 atom stereocenters. The van der Waals surface area contributed by atoms with Gasteiger partial charge in [0.05, 0.1) is 23.2 Å². The van der Waals surface area contributed by atoms with Gasteiger partial charge in [0.15, 0.2) is 0 Å². The molecule has 0 spiro atoms. The Kier molecular flexibility index (Phi) is 3.24. The molecular formula is C12H14ClN3O. The van der Waals surface area contributed by atoms with E-state index in [2.05, 4.69) is 4.98 Å². The van der Waals surface area contributed by atoms with E-state index in [0.29, 0.717) is 23.1 Å². The number of rotatable bonds is 3. The van der Waals surface area contributed by atoms with Crippen molar-refractivity contribution in [1.82, 2.24) is 4.98 Å². The number of hydrogen-bond donors (Lipinski definition) is 1. The molecule has 90 valence electrons. The lowest BCUT2D eigenvalue weighted by atomic mass is 10.2. The monoisotopic (exact) mass is 251 g/mol. The SMILES string of the molecule is Cc1occc1CN(C)c1ncc(N)cc1Cl. The average Bonchev–Trinajstić information content (AvgIpc) is 2.64. The Hall–Kier alpha value is -1.68. The van der Waals surface area contributed by atoms with Crippen LogP contribution in [0.4, 0.5) is 11.5 Å². The molecule has 0 fully saturated rings. The standard InChI is InChI=1S/C12H14ClN3O/c1-8-9(3-4-17-8)7-16(2)12-11(13)5-10(14)6-15-12/h3-6H,7,14H2,1-2H3. The van der Waals surface area contributed by atoms with Gasteiger partial charge in [0.25, 0.3) is 0 Å². The number of aromatic nitrogens is 1. The Morgan fingerprint density at radius 1 is 1.53 bits per heavy atom. The minimum absolute atomic E-state index is 0.550.